The molecular formula is C18H24N6O2. The van der Waals surface area contributed by atoms with Crippen molar-refractivity contribution in [1.29, 1.82) is 0 Å². The van der Waals surface area contributed by atoms with Gasteiger partial charge in [0.25, 0.3) is 0 Å². The molecule has 0 spiro atoms. The van der Waals surface area contributed by atoms with E-state index >= 15 is 0 Å². The Labute approximate surface area is 152 Å². The van der Waals surface area contributed by atoms with Crippen molar-refractivity contribution in [3.8, 4) is 0 Å². The molecule has 2 aromatic heterocycles. The maximum Gasteiger partial charge on any atom is 0.224 e. The van der Waals surface area contributed by atoms with Crippen LogP contribution >= 0.6 is 0 Å². The number of amides is 1. The maximum absolute atomic E-state index is 12.6. The molecule has 0 aliphatic carbocycles. The maximum atomic E-state index is 12.6. The van der Waals surface area contributed by atoms with Gasteiger partial charge in [-0.1, -0.05) is 0 Å². The lowest BCUT2D eigenvalue weighted by atomic mass is 10.0. The van der Waals surface area contributed by atoms with E-state index in [1.165, 1.54) is 5.56 Å². The molecule has 1 fully saturated rings. The molecule has 2 aromatic rings. The van der Waals surface area contributed by atoms with E-state index in [1.54, 1.807) is 12.5 Å². The highest BCUT2D eigenvalue weighted by atomic mass is 16.5. The predicted molar refractivity (Wildman–Crippen MR) is 95.8 cm³/mol. The number of morpholine rings is 1. The molecular weight excluding hydrogens is 332 g/mol. The SMILES string of the molecule is Cc1ccnn1CCC(=O)N1CCc2c(ncnc2N2CCOCC2)C1. The van der Waals surface area contributed by atoms with Gasteiger partial charge in [-0.05, 0) is 19.4 Å². The predicted octanol–water partition coefficient (Wildman–Crippen LogP) is 0.793. The van der Waals surface area contributed by atoms with Gasteiger partial charge >= 0.3 is 0 Å². The molecule has 0 atom stereocenters. The number of carbonyl (C=O) groups excluding carboxylic acids is 1. The summed E-state index contributed by atoms with van der Waals surface area (Å²) in [6.45, 7) is 7.07. The van der Waals surface area contributed by atoms with E-state index in [0.717, 1.165) is 49.9 Å². The fourth-order valence-corrected chi connectivity index (χ4v) is 3.59. The Morgan fingerprint density at radius 2 is 2.08 bits per heavy atom. The summed E-state index contributed by atoms with van der Waals surface area (Å²) in [5.41, 5.74) is 3.22. The molecule has 8 heteroatoms. The van der Waals surface area contributed by atoms with Gasteiger partial charge in [0, 0.05) is 50.1 Å². The van der Waals surface area contributed by atoms with E-state index in [1.807, 2.05) is 22.6 Å². The number of hydrogen-bond donors (Lipinski definition) is 0. The van der Waals surface area contributed by atoms with Crippen molar-refractivity contribution in [3.05, 3.63) is 35.5 Å². The summed E-state index contributed by atoms with van der Waals surface area (Å²) in [5.74, 6) is 1.16. The smallest absolute Gasteiger partial charge is 0.224 e. The fraction of sp³-hybridized carbons (Fsp3) is 0.556. The molecule has 2 aliphatic heterocycles. The standard InChI is InChI=1S/C18H24N6O2/c1-14-2-5-21-24(14)7-4-17(25)23-6-3-15-16(12-23)19-13-20-18(15)22-8-10-26-11-9-22/h2,5,13H,3-4,6-12H2,1H3. The highest BCUT2D eigenvalue weighted by Crippen LogP contribution is 2.26. The van der Waals surface area contributed by atoms with Gasteiger partial charge in [0.15, 0.2) is 0 Å². The second kappa shape index (κ2) is 7.41. The second-order valence-electron chi connectivity index (χ2n) is 6.73. The number of carbonyl (C=O) groups is 1. The highest BCUT2D eigenvalue weighted by molar-refractivity contribution is 5.76. The van der Waals surface area contributed by atoms with Crippen molar-refractivity contribution < 1.29 is 9.53 Å². The van der Waals surface area contributed by atoms with Gasteiger partial charge in [0.1, 0.15) is 12.1 Å². The first kappa shape index (κ1) is 17.0. The molecule has 1 saturated heterocycles. The average Bonchev–Trinajstić information content (AvgIpc) is 3.10. The number of rotatable bonds is 4. The van der Waals surface area contributed by atoms with Crippen LogP contribution in [0.15, 0.2) is 18.6 Å². The third-order valence-electron chi connectivity index (χ3n) is 5.11. The van der Waals surface area contributed by atoms with Crippen LogP contribution in [0.25, 0.3) is 0 Å². The Hall–Kier alpha value is -2.48. The molecule has 2 aliphatic rings. The van der Waals surface area contributed by atoms with Crippen LogP contribution in [0.4, 0.5) is 5.82 Å². The number of fused-ring (bicyclic) bond motifs is 1. The van der Waals surface area contributed by atoms with E-state index in [0.29, 0.717) is 26.1 Å². The first-order chi connectivity index (χ1) is 12.7. The van der Waals surface area contributed by atoms with Crippen LogP contribution in [0.2, 0.25) is 0 Å². The minimum Gasteiger partial charge on any atom is -0.378 e. The molecule has 0 N–H and O–H groups in total. The Bertz CT molecular complexity index is 784. The Morgan fingerprint density at radius 1 is 1.23 bits per heavy atom. The van der Waals surface area contributed by atoms with Crippen molar-refractivity contribution in [2.24, 2.45) is 0 Å². The van der Waals surface area contributed by atoms with Crippen molar-refractivity contribution >= 4 is 11.7 Å². The molecule has 0 bridgehead atoms. The first-order valence-corrected chi connectivity index (χ1v) is 9.14. The third-order valence-corrected chi connectivity index (χ3v) is 5.11. The highest BCUT2D eigenvalue weighted by Gasteiger charge is 2.26. The van der Waals surface area contributed by atoms with Crippen molar-refractivity contribution in [2.45, 2.75) is 32.9 Å². The van der Waals surface area contributed by atoms with Gasteiger partial charge in [0.2, 0.25) is 5.91 Å². The second-order valence-corrected chi connectivity index (χ2v) is 6.73. The van der Waals surface area contributed by atoms with Gasteiger partial charge in [-0.25, -0.2) is 9.97 Å². The largest absolute Gasteiger partial charge is 0.378 e. The summed E-state index contributed by atoms with van der Waals surface area (Å²) in [5, 5.41) is 4.24. The number of hydrogen-bond acceptors (Lipinski definition) is 6. The molecule has 0 aromatic carbocycles. The summed E-state index contributed by atoms with van der Waals surface area (Å²) < 4.78 is 7.30. The fourth-order valence-electron chi connectivity index (χ4n) is 3.59. The lowest BCUT2D eigenvalue weighted by Gasteiger charge is -2.33. The van der Waals surface area contributed by atoms with Crippen LogP contribution in [-0.4, -0.2) is 63.4 Å². The van der Waals surface area contributed by atoms with Crippen LogP contribution < -0.4 is 4.90 Å². The van der Waals surface area contributed by atoms with Crippen molar-refractivity contribution in [1.82, 2.24) is 24.6 Å². The minimum atomic E-state index is 0.150. The summed E-state index contributed by atoms with van der Waals surface area (Å²) in [6.07, 6.45) is 4.64. The van der Waals surface area contributed by atoms with Crippen LogP contribution in [0.1, 0.15) is 23.4 Å². The van der Waals surface area contributed by atoms with Crippen LogP contribution in [0.5, 0.6) is 0 Å². The van der Waals surface area contributed by atoms with E-state index in [9.17, 15) is 4.79 Å². The third kappa shape index (κ3) is 3.41. The quantitative estimate of drug-likeness (QED) is 0.806. The topological polar surface area (TPSA) is 76.4 Å². The Morgan fingerprint density at radius 3 is 2.85 bits per heavy atom. The van der Waals surface area contributed by atoms with Gasteiger partial charge in [0.05, 0.1) is 25.5 Å². The van der Waals surface area contributed by atoms with E-state index in [-0.39, 0.29) is 5.91 Å². The minimum absolute atomic E-state index is 0.150. The molecule has 0 radical (unpaired) electrons. The first-order valence-electron chi connectivity index (χ1n) is 9.14. The van der Waals surface area contributed by atoms with Crippen molar-refractivity contribution in [3.63, 3.8) is 0 Å². The monoisotopic (exact) mass is 356 g/mol. The molecule has 0 saturated carbocycles. The Kier molecular flexibility index (Phi) is 4.83. The average molecular weight is 356 g/mol. The molecule has 26 heavy (non-hydrogen) atoms. The number of aryl methyl sites for hydroxylation is 2. The zero-order valence-electron chi connectivity index (χ0n) is 15.1. The zero-order valence-corrected chi connectivity index (χ0v) is 15.1. The summed E-state index contributed by atoms with van der Waals surface area (Å²) in [6, 6.07) is 1.95. The molecule has 1 amide bonds. The molecule has 4 heterocycles. The molecule has 4 rings (SSSR count). The van der Waals surface area contributed by atoms with E-state index in [2.05, 4.69) is 20.0 Å². The van der Waals surface area contributed by atoms with Crippen LogP contribution in [-0.2, 0) is 29.0 Å². The van der Waals surface area contributed by atoms with Gasteiger partial charge in [-0.15, -0.1) is 0 Å². The zero-order chi connectivity index (χ0) is 17.9. The van der Waals surface area contributed by atoms with Crippen LogP contribution in [0.3, 0.4) is 0 Å². The van der Waals surface area contributed by atoms with Gasteiger partial charge < -0.3 is 14.5 Å². The van der Waals surface area contributed by atoms with E-state index < -0.39 is 0 Å². The normalized spacial score (nSPS) is 17.3. The summed E-state index contributed by atoms with van der Waals surface area (Å²) in [7, 11) is 0. The van der Waals surface area contributed by atoms with E-state index in [4.69, 9.17) is 4.74 Å². The summed E-state index contributed by atoms with van der Waals surface area (Å²) >= 11 is 0. The number of ether oxygens (including phenoxy) is 1. The number of aromatic nitrogens is 4. The van der Waals surface area contributed by atoms with Gasteiger partial charge in [-0.3, -0.25) is 9.48 Å². The lowest BCUT2D eigenvalue weighted by molar-refractivity contribution is -0.132. The number of nitrogens with zero attached hydrogens (tertiary/aromatic N) is 6. The van der Waals surface area contributed by atoms with Gasteiger partial charge in [-0.2, -0.15) is 5.10 Å². The molecule has 138 valence electrons. The molecule has 0 unspecified atom stereocenters. The summed E-state index contributed by atoms with van der Waals surface area (Å²) in [4.78, 5) is 25.7. The number of anilines is 1. The lowest BCUT2D eigenvalue weighted by Crippen LogP contribution is -2.40. The molecule has 8 nitrogen and oxygen atoms in total. The van der Waals surface area contributed by atoms with Crippen LogP contribution in [0, 0.1) is 6.92 Å². The Balaban J connectivity index is 1.42. The van der Waals surface area contributed by atoms with Crippen molar-refractivity contribution in [2.75, 3.05) is 37.7 Å².